The van der Waals surface area contributed by atoms with Gasteiger partial charge >= 0.3 is 0 Å². The van der Waals surface area contributed by atoms with Gasteiger partial charge in [0.05, 0.1) is 6.61 Å². The molecular weight excluding hydrogens is 458 g/mol. The number of benzene rings is 1. The Labute approximate surface area is 211 Å². The van der Waals surface area contributed by atoms with E-state index < -0.39 is 0 Å². The third kappa shape index (κ3) is 4.83. The molecule has 2 bridgehead atoms. The monoisotopic (exact) mass is 493 g/mol. The average Bonchev–Trinajstić information content (AvgIpc) is 3.23. The number of carbonyl (C=O) groups is 3. The van der Waals surface area contributed by atoms with Gasteiger partial charge in [0.1, 0.15) is 5.75 Å². The Morgan fingerprint density at radius 2 is 1.92 bits per heavy atom. The van der Waals surface area contributed by atoms with Crippen LogP contribution in [-0.2, 0) is 31.1 Å². The van der Waals surface area contributed by atoms with Crippen LogP contribution in [0.4, 0.5) is 0 Å². The van der Waals surface area contributed by atoms with Crippen molar-refractivity contribution < 1.29 is 19.1 Å². The Morgan fingerprint density at radius 3 is 2.78 bits per heavy atom. The van der Waals surface area contributed by atoms with Gasteiger partial charge in [-0.2, -0.15) is 5.10 Å². The maximum absolute atomic E-state index is 13.5. The average molecular weight is 494 g/mol. The van der Waals surface area contributed by atoms with E-state index in [2.05, 4.69) is 10.4 Å². The highest BCUT2D eigenvalue weighted by molar-refractivity contribution is 5.95. The van der Waals surface area contributed by atoms with Gasteiger partial charge in [0.15, 0.2) is 5.69 Å². The highest BCUT2D eigenvalue weighted by Gasteiger charge is 2.31. The summed E-state index contributed by atoms with van der Waals surface area (Å²) < 4.78 is 7.50. The quantitative estimate of drug-likeness (QED) is 0.657. The number of ether oxygens (including phenoxy) is 1. The molecule has 3 heterocycles. The van der Waals surface area contributed by atoms with E-state index >= 15 is 0 Å². The van der Waals surface area contributed by atoms with Crippen molar-refractivity contribution in [3.63, 3.8) is 0 Å². The Bertz CT molecular complexity index is 1170. The molecule has 2 aromatic rings. The van der Waals surface area contributed by atoms with E-state index in [1.54, 1.807) is 4.68 Å². The van der Waals surface area contributed by atoms with Crippen LogP contribution in [0.25, 0.3) is 0 Å². The molecule has 192 valence electrons. The van der Waals surface area contributed by atoms with Gasteiger partial charge in [0.2, 0.25) is 5.91 Å². The third-order valence-corrected chi connectivity index (χ3v) is 7.74. The Hall–Kier alpha value is -3.36. The van der Waals surface area contributed by atoms with Crippen LogP contribution in [0.15, 0.2) is 18.2 Å². The van der Waals surface area contributed by atoms with Crippen molar-refractivity contribution in [1.29, 1.82) is 0 Å². The molecule has 9 heteroatoms. The second-order valence-corrected chi connectivity index (χ2v) is 10.1. The first kappa shape index (κ1) is 24.3. The Morgan fingerprint density at radius 1 is 1.08 bits per heavy atom. The highest BCUT2D eigenvalue weighted by atomic mass is 16.5. The first-order valence-corrected chi connectivity index (χ1v) is 13.1. The van der Waals surface area contributed by atoms with Gasteiger partial charge in [0.25, 0.3) is 11.8 Å². The van der Waals surface area contributed by atoms with Crippen molar-refractivity contribution >= 4 is 17.7 Å². The van der Waals surface area contributed by atoms with E-state index in [0.29, 0.717) is 63.2 Å². The third-order valence-electron chi connectivity index (χ3n) is 7.74. The second-order valence-electron chi connectivity index (χ2n) is 10.1. The van der Waals surface area contributed by atoms with Crippen LogP contribution in [0.1, 0.15) is 69.8 Å². The van der Waals surface area contributed by atoms with Crippen molar-refractivity contribution in [2.24, 2.45) is 7.05 Å². The van der Waals surface area contributed by atoms with E-state index in [1.807, 2.05) is 42.1 Å². The molecule has 3 aliphatic rings. The second kappa shape index (κ2) is 10.3. The van der Waals surface area contributed by atoms with Crippen LogP contribution in [0.3, 0.4) is 0 Å². The summed E-state index contributed by atoms with van der Waals surface area (Å²) in [6.07, 6.45) is 5.75. The summed E-state index contributed by atoms with van der Waals surface area (Å²) >= 11 is 0. The van der Waals surface area contributed by atoms with Crippen molar-refractivity contribution in [2.45, 2.75) is 57.4 Å². The molecule has 1 atom stereocenters. The normalized spacial score (nSPS) is 21.1. The molecule has 2 aliphatic heterocycles. The van der Waals surface area contributed by atoms with Gasteiger partial charge < -0.3 is 19.9 Å². The first-order valence-electron chi connectivity index (χ1n) is 13.1. The molecule has 9 nitrogen and oxygen atoms in total. The molecule has 0 saturated heterocycles. The number of nitrogens with one attached hydrogen (secondary N) is 1. The summed E-state index contributed by atoms with van der Waals surface area (Å²) in [7, 11) is 3.73. The molecule has 1 N–H and O–H groups in total. The van der Waals surface area contributed by atoms with E-state index in [-0.39, 0.29) is 23.8 Å². The number of carbonyl (C=O) groups excluding carboxylic acids is 3. The first-order chi connectivity index (χ1) is 17.4. The zero-order chi connectivity index (χ0) is 25.2. The summed E-state index contributed by atoms with van der Waals surface area (Å²) in [5.41, 5.74) is 4.19. The lowest BCUT2D eigenvalue weighted by Gasteiger charge is -2.32. The highest BCUT2D eigenvalue weighted by Crippen LogP contribution is 2.28. The van der Waals surface area contributed by atoms with Crippen LogP contribution >= 0.6 is 0 Å². The van der Waals surface area contributed by atoms with Crippen LogP contribution in [-0.4, -0.2) is 76.6 Å². The maximum Gasteiger partial charge on any atom is 0.272 e. The molecule has 1 aromatic heterocycles. The molecule has 1 aromatic carbocycles. The van der Waals surface area contributed by atoms with Crippen molar-refractivity contribution in [2.75, 3.05) is 33.3 Å². The number of aromatic nitrogens is 2. The minimum Gasteiger partial charge on any atom is -0.493 e. The number of rotatable bonds is 1. The summed E-state index contributed by atoms with van der Waals surface area (Å²) in [6, 6.07) is 5.69. The summed E-state index contributed by atoms with van der Waals surface area (Å²) in [5, 5.41) is 7.50. The fourth-order valence-corrected chi connectivity index (χ4v) is 5.63. The van der Waals surface area contributed by atoms with Gasteiger partial charge in [-0.15, -0.1) is 0 Å². The molecule has 0 saturated carbocycles. The number of aryl methyl sites for hydroxylation is 2. The van der Waals surface area contributed by atoms with Gasteiger partial charge in [0, 0.05) is 63.0 Å². The zero-order valence-corrected chi connectivity index (χ0v) is 21.2. The van der Waals surface area contributed by atoms with Crippen LogP contribution < -0.4 is 10.1 Å². The summed E-state index contributed by atoms with van der Waals surface area (Å²) in [5.74, 6) is 0.693. The lowest BCUT2D eigenvalue weighted by molar-refractivity contribution is -0.132. The fourth-order valence-electron chi connectivity index (χ4n) is 5.63. The molecule has 36 heavy (non-hydrogen) atoms. The number of hydrogen-bond donors (Lipinski definition) is 1. The number of likely N-dealkylation sites (N-methyl/N-ethyl adjacent to an activating group) is 1. The van der Waals surface area contributed by atoms with E-state index in [0.717, 1.165) is 48.3 Å². The minimum absolute atomic E-state index is 0.0429. The number of hydrogen-bond acceptors (Lipinski definition) is 5. The topological polar surface area (TPSA) is 96.8 Å². The van der Waals surface area contributed by atoms with Crippen molar-refractivity contribution in [3.05, 3.63) is 46.3 Å². The van der Waals surface area contributed by atoms with Gasteiger partial charge in [-0.3, -0.25) is 19.1 Å². The number of fused-ring (bicyclic) bond motifs is 2. The predicted octanol–water partition coefficient (Wildman–Crippen LogP) is 2.12. The predicted molar refractivity (Wildman–Crippen MR) is 134 cm³/mol. The van der Waals surface area contributed by atoms with E-state index in [4.69, 9.17) is 4.74 Å². The van der Waals surface area contributed by atoms with Crippen molar-refractivity contribution in [3.8, 4) is 5.75 Å². The standard InChI is InChI=1S/C27H35N5O4/c1-30-20-9-10-22-21(17-20)25(29-31(22)2)26(34)28-12-5-14-32(13-3-7-24(30)33)27(35)19-8-11-23-18(16-19)6-4-15-36-23/h8,11,16,20H,3-7,9-10,12-15,17H2,1-2H3,(H,28,34). The molecule has 0 radical (unpaired) electrons. The van der Waals surface area contributed by atoms with E-state index in [1.165, 1.54) is 0 Å². The fraction of sp³-hybridized carbons (Fsp3) is 0.556. The SMILES string of the molecule is CN1C(=O)CCCN(C(=O)c2ccc3c(c2)CCCO3)CCCNC(=O)c2nn(C)c3c2CC1CC3. The smallest absolute Gasteiger partial charge is 0.272 e. The molecule has 3 amide bonds. The van der Waals surface area contributed by atoms with Gasteiger partial charge in [-0.25, -0.2) is 0 Å². The lowest BCUT2D eigenvalue weighted by atomic mass is 9.90. The molecule has 5 rings (SSSR count). The number of amides is 3. The van der Waals surface area contributed by atoms with Crippen LogP contribution in [0.2, 0.25) is 0 Å². The maximum atomic E-state index is 13.5. The summed E-state index contributed by atoms with van der Waals surface area (Å²) in [6.45, 7) is 2.16. The molecule has 0 fully saturated rings. The van der Waals surface area contributed by atoms with E-state index in [9.17, 15) is 14.4 Å². The van der Waals surface area contributed by atoms with Gasteiger partial charge in [-0.1, -0.05) is 0 Å². The lowest BCUT2D eigenvalue weighted by Crippen LogP contribution is -2.41. The Balaban J connectivity index is 1.34. The van der Waals surface area contributed by atoms with Crippen LogP contribution in [0, 0.1) is 0 Å². The molecular formula is C27H35N5O4. The molecule has 0 spiro atoms. The summed E-state index contributed by atoms with van der Waals surface area (Å²) in [4.78, 5) is 43.1. The molecule has 1 aliphatic carbocycles. The minimum atomic E-state index is -0.191. The number of nitrogens with zero attached hydrogens (tertiary/aromatic N) is 4. The van der Waals surface area contributed by atoms with Crippen LogP contribution in [0.5, 0.6) is 5.75 Å². The zero-order valence-electron chi connectivity index (χ0n) is 21.2. The molecule has 1 unspecified atom stereocenters. The Kier molecular flexibility index (Phi) is 6.98. The largest absolute Gasteiger partial charge is 0.493 e. The van der Waals surface area contributed by atoms with Crippen molar-refractivity contribution in [1.82, 2.24) is 24.9 Å². The van der Waals surface area contributed by atoms with Gasteiger partial charge in [-0.05, 0) is 68.7 Å².